The van der Waals surface area contributed by atoms with Gasteiger partial charge in [-0.2, -0.15) is 13.2 Å². The summed E-state index contributed by atoms with van der Waals surface area (Å²) in [7, 11) is 0. The van der Waals surface area contributed by atoms with E-state index in [1.165, 1.54) is 0 Å². The Morgan fingerprint density at radius 1 is 1.28 bits per heavy atom. The molecule has 0 aliphatic rings. The van der Waals surface area contributed by atoms with Crippen molar-refractivity contribution >= 4 is 10.9 Å². The van der Waals surface area contributed by atoms with Crippen LogP contribution in [0.2, 0.25) is 0 Å². The molecule has 0 spiro atoms. The molecule has 2 N–H and O–H groups in total. The lowest BCUT2D eigenvalue weighted by atomic mass is 10.0. The summed E-state index contributed by atoms with van der Waals surface area (Å²) in [6.07, 6.45) is -3.85. The van der Waals surface area contributed by atoms with Gasteiger partial charge >= 0.3 is 6.18 Å². The molecule has 2 nitrogen and oxygen atoms in total. The predicted molar refractivity (Wildman–Crippen MR) is 63.4 cm³/mol. The van der Waals surface area contributed by atoms with Gasteiger partial charge in [-0.3, -0.25) is 0 Å². The van der Waals surface area contributed by atoms with Gasteiger partial charge in [-0.05, 0) is 37.0 Å². The molecule has 0 saturated heterocycles. The van der Waals surface area contributed by atoms with Crippen molar-refractivity contribution in [2.45, 2.75) is 25.9 Å². The average molecular weight is 257 g/mol. The minimum absolute atomic E-state index is 0.115. The number of alkyl halides is 3. The number of hydrogen-bond donors (Lipinski definition) is 2. The average Bonchev–Trinajstić information content (AvgIpc) is 2.63. The normalized spacial score (nSPS) is 12.3. The lowest BCUT2D eigenvalue weighted by Crippen LogP contribution is -2.09. The Kier molecular flexibility index (Phi) is 3.34. The number of aliphatic hydroxyl groups excluding tert-OH is 1. The lowest BCUT2D eigenvalue weighted by Gasteiger charge is -2.07. The molecule has 18 heavy (non-hydrogen) atoms. The molecule has 1 aromatic carbocycles. The third-order valence-corrected chi connectivity index (χ3v) is 2.93. The van der Waals surface area contributed by atoms with Crippen molar-refractivity contribution in [3.05, 3.63) is 35.0 Å². The summed E-state index contributed by atoms with van der Waals surface area (Å²) >= 11 is 0. The zero-order chi connectivity index (χ0) is 13.3. The standard InChI is InChI=1S/C13H14F3NO/c1-8-4-5-9-10(3-2-6-18)12(13(14,15)16)17-11(9)7-8/h4-5,7,17-18H,2-3,6H2,1H3. The fraction of sp³-hybridized carbons (Fsp3) is 0.385. The second-order valence-electron chi connectivity index (χ2n) is 4.35. The van der Waals surface area contributed by atoms with Gasteiger partial charge in [-0.1, -0.05) is 12.1 Å². The number of halogens is 3. The Bertz CT molecular complexity index is 557. The summed E-state index contributed by atoms with van der Waals surface area (Å²) < 4.78 is 38.8. The van der Waals surface area contributed by atoms with Crippen molar-refractivity contribution in [2.75, 3.05) is 6.61 Å². The van der Waals surface area contributed by atoms with Crippen LogP contribution in [0.25, 0.3) is 10.9 Å². The third-order valence-electron chi connectivity index (χ3n) is 2.93. The molecule has 5 heteroatoms. The molecule has 0 aliphatic heterocycles. The van der Waals surface area contributed by atoms with Crippen LogP contribution in [0.5, 0.6) is 0 Å². The molecule has 0 bridgehead atoms. The zero-order valence-electron chi connectivity index (χ0n) is 9.93. The van der Waals surface area contributed by atoms with Crippen LogP contribution in [-0.4, -0.2) is 16.7 Å². The maximum Gasteiger partial charge on any atom is 0.431 e. The van der Waals surface area contributed by atoms with Gasteiger partial charge in [0.15, 0.2) is 0 Å². The first kappa shape index (κ1) is 13.0. The fourth-order valence-corrected chi connectivity index (χ4v) is 2.13. The highest BCUT2D eigenvalue weighted by Crippen LogP contribution is 2.36. The maximum atomic E-state index is 12.9. The maximum absolute atomic E-state index is 12.9. The monoisotopic (exact) mass is 257 g/mol. The number of aryl methyl sites for hydroxylation is 2. The predicted octanol–water partition coefficient (Wildman–Crippen LogP) is 3.42. The van der Waals surface area contributed by atoms with Crippen molar-refractivity contribution in [1.82, 2.24) is 4.98 Å². The fourth-order valence-electron chi connectivity index (χ4n) is 2.13. The highest BCUT2D eigenvalue weighted by Gasteiger charge is 2.36. The van der Waals surface area contributed by atoms with Crippen LogP contribution in [0.4, 0.5) is 13.2 Å². The molecule has 0 radical (unpaired) electrons. The van der Waals surface area contributed by atoms with Crippen LogP contribution < -0.4 is 0 Å². The molecule has 2 rings (SSSR count). The van der Waals surface area contributed by atoms with E-state index in [0.717, 1.165) is 5.56 Å². The van der Waals surface area contributed by atoms with Crippen molar-refractivity contribution in [3.63, 3.8) is 0 Å². The van der Waals surface area contributed by atoms with Gasteiger partial charge in [0.25, 0.3) is 0 Å². The number of H-pyrrole nitrogens is 1. The molecule has 0 amide bonds. The van der Waals surface area contributed by atoms with Gasteiger partial charge < -0.3 is 10.1 Å². The molecule has 1 aromatic heterocycles. The first-order chi connectivity index (χ1) is 8.43. The molecule has 0 atom stereocenters. The van der Waals surface area contributed by atoms with Crippen LogP contribution in [-0.2, 0) is 12.6 Å². The van der Waals surface area contributed by atoms with E-state index in [1.54, 1.807) is 18.2 Å². The summed E-state index contributed by atoms with van der Waals surface area (Å²) in [4.78, 5) is 2.45. The summed E-state index contributed by atoms with van der Waals surface area (Å²) in [6, 6.07) is 5.19. The SMILES string of the molecule is Cc1ccc2c(CCCO)c(C(F)(F)F)[nH]c2c1. The van der Waals surface area contributed by atoms with Gasteiger partial charge in [0.2, 0.25) is 0 Å². The lowest BCUT2D eigenvalue weighted by molar-refractivity contribution is -0.141. The smallest absolute Gasteiger partial charge is 0.396 e. The topological polar surface area (TPSA) is 36.0 Å². The van der Waals surface area contributed by atoms with E-state index < -0.39 is 11.9 Å². The van der Waals surface area contributed by atoms with E-state index >= 15 is 0 Å². The Balaban J connectivity index is 2.60. The van der Waals surface area contributed by atoms with Gasteiger partial charge in [-0.15, -0.1) is 0 Å². The van der Waals surface area contributed by atoms with E-state index in [-0.39, 0.29) is 18.6 Å². The van der Waals surface area contributed by atoms with Crippen LogP contribution >= 0.6 is 0 Å². The van der Waals surface area contributed by atoms with E-state index in [9.17, 15) is 13.2 Å². The molecule has 1 heterocycles. The van der Waals surface area contributed by atoms with E-state index in [1.807, 2.05) is 6.92 Å². The number of benzene rings is 1. The van der Waals surface area contributed by atoms with E-state index in [0.29, 0.717) is 17.3 Å². The number of aromatic amines is 1. The zero-order valence-corrected chi connectivity index (χ0v) is 9.93. The minimum Gasteiger partial charge on any atom is -0.396 e. The van der Waals surface area contributed by atoms with Gasteiger partial charge in [0, 0.05) is 17.5 Å². The Morgan fingerprint density at radius 2 is 2.00 bits per heavy atom. The van der Waals surface area contributed by atoms with Crippen LogP contribution in [0.15, 0.2) is 18.2 Å². The van der Waals surface area contributed by atoms with Crippen molar-refractivity contribution in [2.24, 2.45) is 0 Å². The third kappa shape index (κ3) is 2.36. The Morgan fingerprint density at radius 3 is 2.61 bits per heavy atom. The highest BCUT2D eigenvalue weighted by atomic mass is 19.4. The van der Waals surface area contributed by atoms with Crippen LogP contribution in [0, 0.1) is 6.92 Å². The molecule has 0 saturated carbocycles. The molecule has 0 aliphatic carbocycles. The second kappa shape index (κ2) is 4.65. The number of aromatic nitrogens is 1. The van der Waals surface area contributed by atoms with Crippen molar-refractivity contribution in [3.8, 4) is 0 Å². The number of aliphatic hydroxyl groups is 1. The van der Waals surface area contributed by atoms with Crippen molar-refractivity contribution in [1.29, 1.82) is 0 Å². The molecular formula is C13H14F3NO. The Hall–Kier alpha value is -1.49. The van der Waals surface area contributed by atoms with Crippen LogP contribution in [0.1, 0.15) is 23.2 Å². The minimum atomic E-state index is -4.39. The molecule has 2 aromatic rings. The van der Waals surface area contributed by atoms with Crippen LogP contribution in [0.3, 0.4) is 0 Å². The molecule has 0 fully saturated rings. The highest BCUT2D eigenvalue weighted by molar-refractivity contribution is 5.85. The summed E-state index contributed by atoms with van der Waals surface area (Å²) in [6.45, 7) is 1.72. The summed E-state index contributed by atoms with van der Waals surface area (Å²) in [5.41, 5.74) is 0.949. The molecule has 0 unspecified atom stereocenters. The molecular weight excluding hydrogens is 243 g/mol. The molecule has 98 valence electrons. The number of fused-ring (bicyclic) bond motifs is 1. The second-order valence-corrected chi connectivity index (χ2v) is 4.35. The van der Waals surface area contributed by atoms with Crippen molar-refractivity contribution < 1.29 is 18.3 Å². The largest absolute Gasteiger partial charge is 0.431 e. The number of rotatable bonds is 3. The van der Waals surface area contributed by atoms with Gasteiger partial charge in [-0.25, -0.2) is 0 Å². The quantitative estimate of drug-likeness (QED) is 0.868. The first-order valence-electron chi connectivity index (χ1n) is 5.72. The first-order valence-corrected chi connectivity index (χ1v) is 5.72. The summed E-state index contributed by atoms with van der Waals surface area (Å²) in [5, 5.41) is 9.37. The van der Waals surface area contributed by atoms with E-state index in [2.05, 4.69) is 4.98 Å². The number of hydrogen-bond acceptors (Lipinski definition) is 1. The number of nitrogens with one attached hydrogen (secondary N) is 1. The Labute approximate surface area is 102 Å². The van der Waals surface area contributed by atoms with Gasteiger partial charge in [0.05, 0.1) is 0 Å². The van der Waals surface area contributed by atoms with Gasteiger partial charge in [0.1, 0.15) is 5.69 Å². The van der Waals surface area contributed by atoms with E-state index in [4.69, 9.17) is 5.11 Å². The summed E-state index contributed by atoms with van der Waals surface area (Å²) in [5.74, 6) is 0.